The van der Waals surface area contributed by atoms with E-state index in [4.69, 9.17) is 4.74 Å². The number of amides is 3. The van der Waals surface area contributed by atoms with E-state index in [1.807, 2.05) is 44.2 Å². The second kappa shape index (κ2) is 12.9. The van der Waals surface area contributed by atoms with Crippen molar-refractivity contribution < 1.29 is 24.2 Å². The van der Waals surface area contributed by atoms with Crippen LogP contribution in [0, 0.1) is 11.8 Å². The van der Waals surface area contributed by atoms with Crippen molar-refractivity contribution in [1.82, 2.24) is 14.7 Å². The van der Waals surface area contributed by atoms with Crippen molar-refractivity contribution in [3.63, 3.8) is 0 Å². The molecule has 8 heteroatoms. The third-order valence-electron chi connectivity index (χ3n) is 9.36. The Kier molecular flexibility index (Phi) is 9.75. The fraction of sp³-hybridized carbons (Fsp3) is 0.606. The number of unbranched alkanes of at least 4 members (excludes halogenated alkanes) is 2. The zero-order valence-corrected chi connectivity index (χ0v) is 25.0. The number of benzene rings is 1. The van der Waals surface area contributed by atoms with Crippen LogP contribution < -0.4 is 0 Å². The third-order valence-corrected chi connectivity index (χ3v) is 9.36. The molecule has 2 unspecified atom stereocenters. The molecule has 0 radical (unpaired) electrons. The van der Waals surface area contributed by atoms with Crippen LogP contribution in [0.25, 0.3) is 0 Å². The monoisotopic (exact) mass is 565 g/mol. The second-order valence-electron chi connectivity index (χ2n) is 12.0. The molecule has 4 rings (SSSR count). The van der Waals surface area contributed by atoms with E-state index in [1.54, 1.807) is 26.9 Å². The van der Waals surface area contributed by atoms with Crippen LogP contribution >= 0.6 is 0 Å². The maximum Gasteiger partial charge on any atom is 0.248 e. The molecule has 41 heavy (non-hydrogen) atoms. The molecule has 3 aliphatic heterocycles. The maximum absolute atomic E-state index is 14.4. The van der Waals surface area contributed by atoms with E-state index >= 15 is 0 Å². The molecule has 1 N–H and O–H groups in total. The molecule has 3 aliphatic rings. The Bertz CT molecular complexity index is 1120. The van der Waals surface area contributed by atoms with Gasteiger partial charge in [-0.1, -0.05) is 69.2 Å². The zero-order valence-electron chi connectivity index (χ0n) is 25.0. The highest BCUT2D eigenvalue weighted by molar-refractivity contribution is 5.99. The lowest BCUT2D eigenvalue weighted by Gasteiger charge is -2.39. The minimum atomic E-state index is -1.12. The average Bonchev–Trinajstić information content (AvgIpc) is 3.54. The quantitative estimate of drug-likeness (QED) is 0.257. The Morgan fingerprint density at radius 1 is 1.10 bits per heavy atom. The summed E-state index contributed by atoms with van der Waals surface area (Å²) in [5, 5.41) is 10.3. The predicted molar refractivity (Wildman–Crippen MR) is 159 cm³/mol. The summed E-state index contributed by atoms with van der Waals surface area (Å²) in [5.41, 5.74) is -1.01. The first-order valence-corrected chi connectivity index (χ1v) is 15.2. The Hall–Kier alpha value is -2.97. The Morgan fingerprint density at radius 3 is 2.39 bits per heavy atom. The van der Waals surface area contributed by atoms with Gasteiger partial charge in [-0.2, -0.15) is 0 Å². The van der Waals surface area contributed by atoms with Gasteiger partial charge >= 0.3 is 0 Å². The van der Waals surface area contributed by atoms with E-state index in [0.717, 1.165) is 24.8 Å². The fourth-order valence-electron chi connectivity index (χ4n) is 7.39. The summed E-state index contributed by atoms with van der Waals surface area (Å²) < 4.78 is 6.82. The molecule has 8 nitrogen and oxygen atoms in total. The van der Waals surface area contributed by atoms with Crippen LogP contribution in [0.2, 0.25) is 0 Å². The van der Waals surface area contributed by atoms with E-state index < -0.39 is 35.1 Å². The SMILES string of the molecule is C=CCN(CCCCC)C(=O)C1N([C@@H](CC)CO)C(=O)[C@@H]2[C@@H](C(=O)N(CC=C)Cc3ccccc3)[C@@]3(C)CCC12O3. The largest absolute Gasteiger partial charge is 0.394 e. The minimum Gasteiger partial charge on any atom is -0.394 e. The summed E-state index contributed by atoms with van der Waals surface area (Å²) in [4.78, 5) is 48.3. The van der Waals surface area contributed by atoms with Crippen molar-refractivity contribution in [3.05, 3.63) is 61.2 Å². The molecule has 6 atom stereocenters. The van der Waals surface area contributed by atoms with E-state index in [9.17, 15) is 19.5 Å². The van der Waals surface area contributed by atoms with Gasteiger partial charge in [0.25, 0.3) is 0 Å². The van der Waals surface area contributed by atoms with Crippen molar-refractivity contribution in [3.8, 4) is 0 Å². The number of rotatable bonds is 15. The number of likely N-dealkylation sites (tertiary alicyclic amines) is 1. The van der Waals surface area contributed by atoms with Crippen LogP contribution in [-0.2, 0) is 25.7 Å². The van der Waals surface area contributed by atoms with Crippen molar-refractivity contribution in [2.45, 2.75) is 89.1 Å². The van der Waals surface area contributed by atoms with Crippen molar-refractivity contribution in [2.24, 2.45) is 11.8 Å². The highest BCUT2D eigenvalue weighted by Gasteiger charge is 2.78. The summed E-state index contributed by atoms with van der Waals surface area (Å²) in [7, 11) is 0. The van der Waals surface area contributed by atoms with E-state index in [-0.39, 0.29) is 24.3 Å². The molecule has 3 saturated heterocycles. The molecular formula is C33H47N3O5. The summed E-state index contributed by atoms with van der Waals surface area (Å²) in [5.74, 6) is -2.15. The first-order chi connectivity index (χ1) is 19.7. The van der Waals surface area contributed by atoms with Crippen LogP contribution in [0.15, 0.2) is 55.6 Å². The number of nitrogens with zero attached hydrogens (tertiary/aromatic N) is 3. The summed E-state index contributed by atoms with van der Waals surface area (Å²) in [6.07, 6.45) is 7.83. The van der Waals surface area contributed by atoms with Gasteiger partial charge in [-0.15, -0.1) is 13.2 Å². The average molecular weight is 566 g/mol. The van der Waals surface area contributed by atoms with Gasteiger partial charge < -0.3 is 24.5 Å². The topological polar surface area (TPSA) is 90.4 Å². The minimum absolute atomic E-state index is 0.160. The van der Waals surface area contributed by atoms with Gasteiger partial charge in [0.15, 0.2) is 0 Å². The molecule has 1 aromatic carbocycles. The number of aliphatic hydroxyl groups is 1. The molecule has 224 valence electrons. The Morgan fingerprint density at radius 2 is 1.78 bits per heavy atom. The number of ether oxygens (including phenoxy) is 1. The highest BCUT2D eigenvalue weighted by Crippen LogP contribution is 2.64. The van der Waals surface area contributed by atoms with Crippen LogP contribution in [0.1, 0.15) is 64.9 Å². The summed E-state index contributed by atoms with van der Waals surface area (Å²) in [6.45, 7) is 15.0. The molecule has 2 bridgehead atoms. The fourth-order valence-corrected chi connectivity index (χ4v) is 7.39. The van der Waals surface area contributed by atoms with Crippen molar-refractivity contribution in [2.75, 3.05) is 26.2 Å². The third kappa shape index (κ3) is 5.48. The lowest BCUT2D eigenvalue weighted by atomic mass is 9.66. The molecule has 3 amide bonds. The first-order valence-electron chi connectivity index (χ1n) is 15.2. The lowest BCUT2D eigenvalue weighted by molar-refractivity contribution is -0.156. The Balaban J connectivity index is 1.75. The van der Waals surface area contributed by atoms with Gasteiger partial charge in [0.05, 0.1) is 30.1 Å². The molecule has 3 fully saturated rings. The van der Waals surface area contributed by atoms with Crippen LogP contribution in [0.4, 0.5) is 0 Å². The maximum atomic E-state index is 14.4. The smallest absolute Gasteiger partial charge is 0.248 e. The van der Waals surface area contributed by atoms with Gasteiger partial charge in [0.2, 0.25) is 17.7 Å². The molecule has 1 spiro atoms. The summed E-state index contributed by atoms with van der Waals surface area (Å²) in [6, 6.07) is 8.31. The van der Waals surface area contributed by atoms with Crippen molar-refractivity contribution in [1.29, 1.82) is 0 Å². The predicted octanol–water partition coefficient (Wildman–Crippen LogP) is 3.94. The molecule has 3 heterocycles. The van der Waals surface area contributed by atoms with Crippen LogP contribution in [0.3, 0.4) is 0 Å². The second-order valence-corrected chi connectivity index (χ2v) is 12.0. The van der Waals surface area contributed by atoms with E-state index in [1.165, 1.54) is 0 Å². The van der Waals surface area contributed by atoms with Crippen LogP contribution in [0.5, 0.6) is 0 Å². The summed E-state index contributed by atoms with van der Waals surface area (Å²) >= 11 is 0. The lowest BCUT2D eigenvalue weighted by Crippen LogP contribution is -2.58. The molecule has 1 aromatic rings. The molecule has 0 saturated carbocycles. The molecule has 0 aliphatic carbocycles. The van der Waals surface area contributed by atoms with Gasteiger partial charge in [-0.3, -0.25) is 14.4 Å². The normalized spacial score (nSPS) is 28.8. The standard InChI is InChI=1S/C33H47N3O5/c1-6-10-14-21-34(19-7-2)31(40)28-33-18-17-32(5,41-33)26(27(33)30(39)36(28)25(9-4)23-37)29(38)35(20-8-3)22-24-15-12-11-13-16-24/h7-8,11-13,15-16,25-28,37H,2-3,6,9-10,14,17-23H2,1,4-5H3/t25-,26-,27-,28?,32+,33?/m0/s1. The van der Waals surface area contributed by atoms with Crippen LogP contribution in [-0.4, -0.2) is 87.1 Å². The molecular weight excluding hydrogens is 518 g/mol. The van der Waals surface area contributed by atoms with Crippen molar-refractivity contribution >= 4 is 17.7 Å². The number of carbonyl (C=O) groups excluding carboxylic acids is 3. The van der Waals surface area contributed by atoms with Gasteiger partial charge in [-0.05, 0) is 38.2 Å². The van der Waals surface area contributed by atoms with Gasteiger partial charge in [0.1, 0.15) is 11.6 Å². The molecule has 0 aromatic heterocycles. The first kappa shape index (κ1) is 31.0. The van der Waals surface area contributed by atoms with E-state index in [0.29, 0.717) is 45.4 Å². The number of carbonyl (C=O) groups is 3. The highest BCUT2D eigenvalue weighted by atomic mass is 16.5. The zero-order chi connectivity index (χ0) is 29.8. The van der Waals surface area contributed by atoms with Gasteiger partial charge in [-0.25, -0.2) is 0 Å². The van der Waals surface area contributed by atoms with E-state index in [2.05, 4.69) is 20.1 Å². The number of hydrogen-bond donors (Lipinski definition) is 1. The number of aliphatic hydroxyl groups excluding tert-OH is 1. The Labute approximate surface area is 245 Å². The van der Waals surface area contributed by atoms with Gasteiger partial charge in [0, 0.05) is 26.2 Å². The number of hydrogen-bond acceptors (Lipinski definition) is 5. The number of fused-ring (bicyclic) bond motifs is 1.